The molecule has 0 atom stereocenters. The number of hydrogen-bond donors (Lipinski definition) is 1. The molecular weight excluding hydrogens is 419 g/mol. The molecule has 0 aliphatic heterocycles. The predicted octanol–water partition coefficient (Wildman–Crippen LogP) is 5.26. The standard InChI is InChI=1S/C15H12Cl2N4OS3/c1-2-13-20-21-14(25-13)19-12(22)7-24-15-18-11(6-23-15)9-4-3-8(16)5-10(9)17/h3-6H,2,7H2,1H3,(H,19,21,22). The average molecular weight is 431 g/mol. The van der Waals surface area contributed by atoms with Gasteiger partial charge >= 0.3 is 0 Å². The van der Waals surface area contributed by atoms with Gasteiger partial charge in [0.05, 0.1) is 16.5 Å². The van der Waals surface area contributed by atoms with Gasteiger partial charge in [0.15, 0.2) is 4.34 Å². The molecule has 1 aromatic carbocycles. The van der Waals surface area contributed by atoms with Crippen molar-refractivity contribution in [1.82, 2.24) is 15.2 Å². The van der Waals surface area contributed by atoms with E-state index in [1.165, 1.54) is 34.4 Å². The fourth-order valence-corrected chi connectivity index (χ4v) is 4.70. The van der Waals surface area contributed by atoms with E-state index in [-0.39, 0.29) is 11.7 Å². The monoisotopic (exact) mass is 430 g/mol. The molecule has 0 radical (unpaired) electrons. The number of amides is 1. The number of carbonyl (C=O) groups excluding carboxylic acids is 1. The highest BCUT2D eigenvalue weighted by molar-refractivity contribution is 8.01. The van der Waals surface area contributed by atoms with Crippen molar-refractivity contribution in [3.63, 3.8) is 0 Å². The summed E-state index contributed by atoms with van der Waals surface area (Å²) < 4.78 is 0.794. The Hall–Kier alpha value is -1.19. The largest absolute Gasteiger partial charge is 0.300 e. The van der Waals surface area contributed by atoms with E-state index < -0.39 is 0 Å². The second kappa shape index (κ2) is 8.46. The van der Waals surface area contributed by atoms with Crippen molar-refractivity contribution in [2.75, 3.05) is 11.1 Å². The molecule has 2 aromatic heterocycles. The van der Waals surface area contributed by atoms with E-state index >= 15 is 0 Å². The first-order valence-electron chi connectivity index (χ1n) is 7.21. The molecule has 2 heterocycles. The Balaban J connectivity index is 1.58. The van der Waals surface area contributed by atoms with Crippen LogP contribution < -0.4 is 5.32 Å². The summed E-state index contributed by atoms with van der Waals surface area (Å²) in [6.07, 6.45) is 0.803. The molecule has 1 amide bonds. The highest BCUT2D eigenvalue weighted by Crippen LogP contribution is 2.33. The SMILES string of the molecule is CCc1nnc(NC(=O)CSc2nc(-c3ccc(Cl)cc3Cl)cs2)s1. The quantitative estimate of drug-likeness (QED) is 0.539. The van der Waals surface area contributed by atoms with E-state index in [1.54, 1.807) is 12.1 Å². The number of aromatic nitrogens is 3. The molecule has 10 heteroatoms. The van der Waals surface area contributed by atoms with Gasteiger partial charge in [0.25, 0.3) is 0 Å². The Labute approximate surface area is 166 Å². The van der Waals surface area contributed by atoms with Gasteiger partial charge in [-0.05, 0) is 24.6 Å². The van der Waals surface area contributed by atoms with Gasteiger partial charge < -0.3 is 0 Å². The summed E-state index contributed by atoms with van der Waals surface area (Å²) >= 11 is 16.3. The van der Waals surface area contributed by atoms with Crippen LogP contribution in [0, 0.1) is 0 Å². The van der Waals surface area contributed by atoms with Crippen molar-refractivity contribution >= 4 is 68.7 Å². The fourth-order valence-electron chi connectivity index (χ4n) is 1.87. The lowest BCUT2D eigenvalue weighted by Gasteiger charge is -2.01. The summed E-state index contributed by atoms with van der Waals surface area (Å²) in [7, 11) is 0. The topological polar surface area (TPSA) is 67.8 Å². The van der Waals surface area contributed by atoms with Crippen LogP contribution in [-0.4, -0.2) is 26.8 Å². The Morgan fingerprint density at radius 1 is 1.32 bits per heavy atom. The Bertz CT molecular complexity index is 897. The number of anilines is 1. The minimum atomic E-state index is -0.134. The van der Waals surface area contributed by atoms with Crippen LogP contribution in [0.3, 0.4) is 0 Å². The second-order valence-corrected chi connectivity index (χ2v) is 8.80. The van der Waals surface area contributed by atoms with Gasteiger partial charge in [0, 0.05) is 16.0 Å². The van der Waals surface area contributed by atoms with Gasteiger partial charge in [0.2, 0.25) is 11.0 Å². The lowest BCUT2D eigenvalue weighted by Crippen LogP contribution is -2.13. The number of thiazole rings is 1. The minimum Gasteiger partial charge on any atom is -0.300 e. The normalized spacial score (nSPS) is 10.8. The lowest BCUT2D eigenvalue weighted by molar-refractivity contribution is -0.113. The molecular formula is C15H12Cl2N4OS3. The Kier molecular flexibility index (Phi) is 6.29. The smallest absolute Gasteiger partial charge is 0.236 e. The number of thioether (sulfide) groups is 1. The number of benzene rings is 1. The molecule has 0 saturated heterocycles. The molecule has 0 unspecified atom stereocenters. The number of hydrogen-bond acceptors (Lipinski definition) is 7. The van der Waals surface area contributed by atoms with E-state index in [2.05, 4.69) is 20.5 Å². The molecule has 0 spiro atoms. The van der Waals surface area contributed by atoms with Gasteiger partial charge in [-0.15, -0.1) is 21.5 Å². The molecule has 0 saturated carbocycles. The van der Waals surface area contributed by atoms with E-state index in [9.17, 15) is 4.79 Å². The maximum absolute atomic E-state index is 12.0. The number of nitrogens with zero attached hydrogens (tertiary/aromatic N) is 3. The molecule has 0 aliphatic carbocycles. The van der Waals surface area contributed by atoms with Gasteiger partial charge in [0.1, 0.15) is 5.01 Å². The van der Waals surface area contributed by atoms with Crippen molar-refractivity contribution < 1.29 is 4.79 Å². The maximum atomic E-state index is 12.0. The number of nitrogens with one attached hydrogen (secondary N) is 1. The van der Waals surface area contributed by atoms with Crippen LogP contribution in [0.25, 0.3) is 11.3 Å². The van der Waals surface area contributed by atoms with Crippen LogP contribution in [0.1, 0.15) is 11.9 Å². The van der Waals surface area contributed by atoms with Crippen molar-refractivity contribution in [1.29, 1.82) is 0 Å². The Morgan fingerprint density at radius 2 is 2.16 bits per heavy atom. The summed E-state index contributed by atoms with van der Waals surface area (Å²) in [6, 6.07) is 5.29. The number of carbonyl (C=O) groups is 1. The summed E-state index contributed by atoms with van der Waals surface area (Å²) in [5.74, 6) is 0.118. The van der Waals surface area contributed by atoms with Crippen molar-refractivity contribution in [3.8, 4) is 11.3 Å². The van der Waals surface area contributed by atoms with Gasteiger partial charge in [-0.3, -0.25) is 10.1 Å². The van der Waals surface area contributed by atoms with Crippen LogP contribution in [0.5, 0.6) is 0 Å². The van der Waals surface area contributed by atoms with E-state index in [1.807, 2.05) is 18.4 Å². The zero-order chi connectivity index (χ0) is 17.8. The molecule has 0 bridgehead atoms. The fraction of sp³-hybridized carbons (Fsp3) is 0.200. The predicted molar refractivity (Wildman–Crippen MR) is 106 cm³/mol. The van der Waals surface area contributed by atoms with Gasteiger partial charge in [-0.2, -0.15) is 0 Å². The third kappa shape index (κ3) is 4.92. The van der Waals surface area contributed by atoms with E-state index in [0.717, 1.165) is 27.0 Å². The second-order valence-electron chi connectivity index (χ2n) is 4.81. The third-order valence-corrected chi connectivity index (χ3v) is 6.58. The van der Waals surface area contributed by atoms with E-state index in [0.29, 0.717) is 15.2 Å². The first kappa shape index (κ1) is 18.6. The van der Waals surface area contributed by atoms with Gasteiger partial charge in [-0.1, -0.05) is 53.2 Å². The number of halogens is 2. The van der Waals surface area contributed by atoms with Crippen LogP contribution in [0.4, 0.5) is 5.13 Å². The van der Waals surface area contributed by atoms with E-state index in [4.69, 9.17) is 23.2 Å². The summed E-state index contributed by atoms with van der Waals surface area (Å²) in [5.41, 5.74) is 1.59. The minimum absolute atomic E-state index is 0.134. The highest BCUT2D eigenvalue weighted by Gasteiger charge is 2.12. The highest BCUT2D eigenvalue weighted by atomic mass is 35.5. The molecule has 0 aliphatic rings. The summed E-state index contributed by atoms with van der Waals surface area (Å²) in [6.45, 7) is 1.99. The molecule has 3 rings (SSSR count). The van der Waals surface area contributed by atoms with Crippen molar-refractivity contribution in [3.05, 3.63) is 38.6 Å². The maximum Gasteiger partial charge on any atom is 0.236 e. The average Bonchev–Trinajstić information content (AvgIpc) is 3.22. The van der Waals surface area contributed by atoms with Gasteiger partial charge in [-0.25, -0.2) is 4.98 Å². The zero-order valence-electron chi connectivity index (χ0n) is 13.0. The summed E-state index contributed by atoms with van der Waals surface area (Å²) in [4.78, 5) is 16.5. The van der Waals surface area contributed by atoms with Crippen LogP contribution >= 0.6 is 57.6 Å². The first-order chi connectivity index (χ1) is 12.0. The molecule has 25 heavy (non-hydrogen) atoms. The molecule has 3 aromatic rings. The molecule has 130 valence electrons. The zero-order valence-corrected chi connectivity index (χ0v) is 16.9. The van der Waals surface area contributed by atoms with Crippen molar-refractivity contribution in [2.45, 2.75) is 17.7 Å². The van der Waals surface area contributed by atoms with Crippen molar-refractivity contribution in [2.24, 2.45) is 0 Å². The van der Waals surface area contributed by atoms with Crippen LogP contribution in [0.2, 0.25) is 10.0 Å². The molecule has 5 nitrogen and oxygen atoms in total. The molecule has 1 N–H and O–H groups in total. The third-order valence-electron chi connectivity index (χ3n) is 3.03. The first-order valence-corrected chi connectivity index (χ1v) is 10.6. The lowest BCUT2D eigenvalue weighted by atomic mass is 10.2. The van der Waals surface area contributed by atoms with Crippen LogP contribution in [-0.2, 0) is 11.2 Å². The Morgan fingerprint density at radius 3 is 2.88 bits per heavy atom. The van der Waals surface area contributed by atoms with Crippen LogP contribution in [0.15, 0.2) is 27.9 Å². The summed E-state index contributed by atoms with van der Waals surface area (Å²) in [5, 5.41) is 15.1. The molecule has 0 fully saturated rings. The number of aryl methyl sites for hydroxylation is 1. The number of rotatable bonds is 6.